The lowest BCUT2D eigenvalue weighted by atomic mass is 10.2. The highest BCUT2D eigenvalue weighted by molar-refractivity contribution is 7.89. The van der Waals surface area contributed by atoms with E-state index in [1.807, 2.05) is 0 Å². The normalized spacial score (nSPS) is 15.5. The maximum atomic E-state index is 12.9. The maximum absolute atomic E-state index is 12.9. The molecule has 6 nitrogen and oxygen atoms in total. The molecule has 29 heavy (non-hydrogen) atoms. The van der Waals surface area contributed by atoms with Gasteiger partial charge in [0.15, 0.2) is 6.61 Å². The minimum absolute atomic E-state index is 0.195. The van der Waals surface area contributed by atoms with Gasteiger partial charge < -0.3 is 10.1 Å². The molecule has 2 aromatic rings. The van der Waals surface area contributed by atoms with Crippen LogP contribution in [0.15, 0.2) is 53.4 Å². The van der Waals surface area contributed by atoms with Crippen LogP contribution in [-0.4, -0.2) is 38.3 Å². The summed E-state index contributed by atoms with van der Waals surface area (Å²) in [4.78, 5) is 12.1. The minimum atomic E-state index is -3.50. The highest BCUT2D eigenvalue weighted by Crippen LogP contribution is 2.22. The highest BCUT2D eigenvalue weighted by atomic mass is 32.2. The average molecular weight is 421 g/mol. The summed E-state index contributed by atoms with van der Waals surface area (Å²) in [7, 11) is -3.50. The summed E-state index contributed by atoms with van der Waals surface area (Å²) in [6.07, 6.45) is 3.88. The van der Waals surface area contributed by atoms with Gasteiger partial charge in [-0.25, -0.2) is 12.8 Å². The largest absolute Gasteiger partial charge is 0.484 e. The van der Waals surface area contributed by atoms with Crippen LogP contribution in [0.2, 0.25) is 0 Å². The Morgan fingerprint density at radius 2 is 1.59 bits per heavy atom. The van der Waals surface area contributed by atoms with E-state index in [9.17, 15) is 17.6 Å². The van der Waals surface area contributed by atoms with Gasteiger partial charge in [-0.2, -0.15) is 4.31 Å². The number of hydrogen-bond acceptors (Lipinski definition) is 4. The number of nitrogens with zero attached hydrogens (tertiary/aromatic N) is 1. The molecule has 1 fully saturated rings. The fraction of sp³-hybridized carbons (Fsp3) is 0.381. The number of halogens is 1. The van der Waals surface area contributed by atoms with Crippen LogP contribution in [-0.2, 0) is 21.4 Å². The second-order valence-electron chi connectivity index (χ2n) is 6.98. The summed E-state index contributed by atoms with van der Waals surface area (Å²) in [6.45, 7) is 1.18. The van der Waals surface area contributed by atoms with Gasteiger partial charge in [-0.3, -0.25) is 4.79 Å². The van der Waals surface area contributed by atoms with Gasteiger partial charge in [0, 0.05) is 19.6 Å². The van der Waals surface area contributed by atoms with Crippen molar-refractivity contribution in [2.75, 3.05) is 19.7 Å². The first kappa shape index (κ1) is 21.3. The van der Waals surface area contributed by atoms with E-state index in [2.05, 4.69) is 5.32 Å². The molecule has 0 saturated carbocycles. The van der Waals surface area contributed by atoms with Crippen molar-refractivity contribution in [1.82, 2.24) is 9.62 Å². The Kier molecular flexibility index (Phi) is 7.22. The third kappa shape index (κ3) is 6.01. The van der Waals surface area contributed by atoms with Crippen LogP contribution >= 0.6 is 0 Å². The van der Waals surface area contributed by atoms with Gasteiger partial charge in [0.2, 0.25) is 10.0 Å². The Morgan fingerprint density at radius 3 is 2.21 bits per heavy atom. The van der Waals surface area contributed by atoms with Crippen LogP contribution in [0.4, 0.5) is 4.39 Å². The molecule has 0 aliphatic carbocycles. The second kappa shape index (κ2) is 9.84. The van der Waals surface area contributed by atoms with Gasteiger partial charge in [-0.1, -0.05) is 25.0 Å². The van der Waals surface area contributed by atoms with E-state index in [1.54, 1.807) is 28.6 Å². The molecular weight excluding hydrogens is 395 g/mol. The van der Waals surface area contributed by atoms with Crippen molar-refractivity contribution in [2.45, 2.75) is 37.1 Å². The number of amides is 1. The van der Waals surface area contributed by atoms with Crippen molar-refractivity contribution in [3.05, 3.63) is 59.9 Å². The van der Waals surface area contributed by atoms with Gasteiger partial charge in [-0.15, -0.1) is 0 Å². The summed E-state index contributed by atoms with van der Waals surface area (Å²) in [5.74, 6) is -0.239. The Balaban J connectivity index is 1.50. The number of ether oxygens (including phenoxy) is 1. The second-order valence-corrected chi connectivity index (χ2v) is 8.92. The molecule has 0 aromatic heterocycles. The number of sulfonamides is 1. The van der Waals surface area contributed by atoms with Crippen molar-refractivity contribution >= 4 is 15.9 Å². The van der Waals surface area contributed by atoms with Crippen LogP contribution in [0.1, 0.15) is 31.2 Å². The molecule has 0 bridgehead atoms. The first-order chi connectivity index (χ1) is 13.9. The number of nitrogens with one attached hydrogen (secondary N) is 1. The third-order valence-electron chi connectivity index (χ3n) is 4.80. The summed E-state index contributed by atoms with van der Waals surface area (Å²) in [5.41, 5.74) is 0.780. The van der Waals surface area contributed by atoms with Crippen LogP contribution in [0.5, 0.6) is 5.75 Å². The molecular formula is C21H25FN2O4S. The predicted molar refractivity (Wildman–Crippen MR) is 107 cm³/mol. The smallest absolute Gasteiger partial charge is 0.258 e. The van der Waals surface area contributed by atoms with Crippen molar-refractivity contribution < 1.29 is 22.3 Å². The zero-order chi connectivity index (χ0) is 20.7. The number of carbonyl (C=O) groups is 1. The molecule has 3 rings (SSSR count). The summed E-state index contributed by atoms with van der Waals surface area (Å²) >= 11 is 0. The van der Waals surface area contributed by atoms with Gasteiger partial charge in [0.05, 0.1) is 4.90 Å². The fourth-order valence-corrected chi connectivity index (χ4v) is 4.66. The van der Waals surface area contributed by atoms with Gasteiger partial charge >= 0.3 is 0 Å². The Bertz CT molecular complexity index is 907. The number of rotatable bonds is 7. The lowest BCUT2D eigenvalue weighted by molar-refractivity contribution is -0.123. The van der Waals surface area contributed by atoms with Crippen molar-refractivity contribution in [1.29, 1.82) is 0 Å². The van der Waals surface area contributed by atoms with E-state index in [1.165, 1.54) is 24.3 Å². The summed E-state index contributed by atoms with van der Waals surface area (Å²) in [6, 6.07) is 12.0. The molecule has 0 atom stereocenters. The average Bonchev–Trinajstić information content (AvgIpc) is 3.02. The monoisotopic (exact) mass is 420 g/mol. The molecule has 0 radical (unpaired) electrons. The maximum Gasteiger partial charge on any atom is 0.258 e. The third-order valence-corrected chi connectivity index (χ3v) is 6.71. The lowest BCUT2D eigenvalue weighted by Gasteiger charge is -2.20. The lowest BCUT2D eigenvalue weighted by Crippen LogP contribution is -2.31. The number of benzene rings is 2. The molecule has 1 aliphatic heterocycles. The Labute approximate surface area is 170 Å². The first-order valence-corrected chi connectivity index (χ1v) is 11.1. The quantitative estimate of drug-likeness (QED) is 0.747. The standard InChI is InChI=1S/C21H25FN2O4S/c22-18-7-5-17(6-8-18)15-23-21(25)16-28-19-9-11-20(12-10-19)29(26,27)24-13-3-1-2-4-14-24/h5-12H,1-4,13-16H2,(H,23,25). The van der Waals surface area contributed by atoms with Crippen LogP contribution in [0.3, 0.4) is 0 Å². The topological polar surface area (TPSA) is 75.7 Å². The van der Waals surface area contributed by atoms with E-state index in [4.69, 9.17) is 4.74 Å². The first-order valence-electron chi connectivity index (χ1n) is 9.69. The molecule has 1 N–H and O–H groups in total. The van der Waals surface area contributed by atoms with Crippen molar-refractivity contribution in [2.24, 2.45) is 0 Å². The van der Waals surface area contributed by atoms with Gasteiger partial charge in [0.1, 0.15) is 11.6 Å². The fourth-order valence-electron chi connectivity index (χ4n) is 3.14. The van der Waals surface area contributed by atoms with E-state index in [-0.39, 0.29) is 29.8 Å². The summed E-state index contributed by atoms with van der Waals surface area (Å²) < 4.78 is 45.4. The molecule has 0 unspecified atom stereocenters. The zero-order valence-corrected chi connectivity index (χ0v) is 17.0. The van der Waals surface area contributed by atoms with Gasteiger partial charge in [0.25, 0.3) is 5.91 Å². The molecule has 1 saturated heterocycles. The Hall–Kier alpha value is -2.45. The molecule has 1 heterocycles. The van der Waals surface area contributed by atoms with Crippen LogP contribution < -0.4 is 10.1 Å². The van der Waals surface area contributed by atoms with E-state index in [0.29, 0.717) is 18.8 Å². The van der Waals surface area contributed by atoms with E-state index < -0.39 is 10.0 Å². The molecule has 2 aromatic carbocycles. The highest BCUT2D eigenvalue weighted by Gasteiger charge is 2.25. The number of carbonyl (C=O) groups excluding carboxylic acids is 1. The van der Waals surface area contributed by atoms with Crippen LogP contribution in [0, 0.1) is 5.82 Å². The molecule has 1 aliphatic rings. The molecule has 0 spiro atoms. The van der Waals surface area contributed by atoms with Gasteiger partial charge in [-0.05, 0) is 54.8 Å². The minimum Gasteiger partial charge on any atom is -0.484 e. The number of hydrogen-bond donors (Lipinski definition) is 1. The van der Waals surface area contributed by atoms with Crippen LogP contribution in [0.25, 0.3) is 0 Å². The van der Waals surface area contributed by atoms with E-state index >= 15 is 0 Å². The van der Waals surface area contributed by atoms with Crippen molar-refractivity contribution in [3.8, 4) is 5.75 Å². The van der Waals surface area contributed by atoms with Crippen molar-refractivity contribution in [3.63, 3.8) is 0 Å². The molecule has 1 amide bonds. The zero-order valence-electron chi connectivity index (χ0n) is 16.1. The summed E-state index contributed by atoms with van der Waals surface area (Å²) in [5, 5.41) is 2.68. The molecule has 8 heteroatoms. The van der Waals surface area contributed by atoms with E-state index in [0.717, 1.165) is 31.2 Å². The molecule has 156 valence electrons. The predicted octanol–water partition coefficient (Wildman–Crippen LogP) is 3.09. The SMILES string of the molecule is O=C(COc1ccc(S(=O)(=O)N2CCCCCC2)cc1)NCc1ccc(F)cc1. The Morgan fingerprint density at radius 1 is 0.966 bits per heavy atom.